The van der Waals surface area contributed by atoms with Crippen molar-refractivity contribution in [2.75, 3.05) is 0 Å². The molecule has 0 bridgehead atoms. The molecule has 0 N–H and O–H groups in total. The molecule has 2 aromatic carbocycles. The second-order valence-electron chi connectivity index (χ2n) is 5.11. The van der Waals surface area contributed by atoms with E-state index >= 15 is 0 Å². The fourth-order valence-electron chi connectivity index (χ4n) is 2.36. The third-order valence-electron chi connectivity index (χ3n) is 3.50. The van der Waals surface area contributed by atoms with Crippen LogP contribution in [0.15, 0.2) is 70.1 Å². The smallest absolute Gasteiger partial charge is 0.265 e. The number of hydrogen-bond donors (Lipinski definition) is 0. The molecule has 116 valence electrons. The molecule has 0 unspecified atom stereocenters. The lowest BCUT2D eigenvalue weighted by molar-refractivity contribution is 0.622. The molecule has 0 spiro atoms. The van der Waals surface area contributed by atoms with E-state index in [2.05, 4.69) is 15.9 Å². The van der Waals surface area contributed by atoms with Crippen LogP contribution in [-0.2, 0) is 6.54 Å². The highest BCUT2D eigenvalue weighted by Crippen LogP contribution is 2.25. The summed E-state index contributed by atoms with van der Waals surface area (Å²) in [7, 11) is 0. The number of pyridine rings is 1. The average Bonchev–Trinajstić information content (AvgIpc) is 2.53. The van der Waals surface area contributed by atoms with Crippen LogP contribution in [0.2, 0.25) is 0 Å². The summed E-state index contributed by atoms with van der Waals surface area (Å²) in [5.41, 5.74) is 1.91. The first-order valence-electron chi connectivity index (χ1n) is 6.94. The highest BCUT2D eigenvalue weighted by atomic mass is 79.9. The Balaban J connectivity index is 1.98. The van der Waals surface area contributed by atoms with E-state index < -0.39 is 0 Å². The van der Waals surface area contributed by atoms with Gasteiger partial charge < -0.3 is 4.57 Å². The van der Waals surface area contributed by atoms with Crippen molar-refractivity contribution < 1.29 is 8.78 Å². The predicted octanol–water partition coefficient (Wildman–Crippen LogP) is 4.60. The largest absolute Gasteiger partial charge is 0.310 e. The Bertz CT molecular complexity index is 904. The first-order valence-corrected chi connectivity index (χ1v) is 7.73. The van der Waals surface area contributed by atoms with Gasteiger partial charge in [-0.25, -0.2) is 8.78 Å². The summed E-state index contributed by atoms with van der Waals surface area (Å²) in [6.07, 6.45) is 1.65. The topological polar surface area (TPSA) is 22.0 Å². The quantitative estimate of drug-likeness (QED) is 0.655. The molecule has 0 aliphatic carbocycles. The fraction of sp³-hybridized carbons (Fsp3) is 0.0556. The fourth-order valence-corrected chi connectivity index (χ4v) is 2.94. The third-order valence-corrected chi connectivity index (χ3v) is 4.27. The van der Waals surface area contributed by atoms with Gasteiger partial charge in [0.2, 0.25) is 0 Å². The molecule has 0 radical (unpaired) electrons. The standard InChI is InChI=1S/C18H12BrF2NO/c19-17-16(13-4-6-14(20)7-5-13)8-9-22(18(17)23)11-12-2-1-3-15(21)10-12/h1-10H,11H2. The Labute approximate surface area is 140 Å². The van der Waals surface area contributed by atoms with E-state index in [1.165, 1.54) is 28.8 Å². The lowest BCUT2D eigenvalue weighted by Gasteiger charge is -2.10. The molecule has 2 nitrogen and oxygen atoms in total. The van der Waals surface area contributed by atoms with Gasteiger partial charge in [0.15, 0.2) is 0 Å². The van der Waals surface area contributed by atoms with E-state index in [0.29, 0.717) is 15.6 Å². The van der Waals surface area contributed by atoms with Crippen LogP contribution in [0.4, 0.5) is 8.78 Å². The van der Waals surface area contributed by atoms with Crippen molar-refractivity contribution in [2.24, 2.45) is 0 Å². The number of aromatic nitrogens is 1. The van der Waals surface area contributed by atoms with Crippen LogP contribution in [0, 0.1) is 11.6 Å². The Morgan fingerprint density at radius 2 is 1.70 bits per heavy atom. The Hall–Kier alpha value is -2.27. The second kappa shape index (κ2) is 6.46. The van der Waals surface area contributed by atoms with Crippen molar-refractivity contribution in [3.05, 3.63) is 92.8 Å². The van der Waals surface area contributed by atoms with Crippen molar-refractivity contribution in [3.63, 3.8) is 0 Å². The minimum absolute atomic E-state index is 0.226. The number of nitrogens with zero attached hydrogens (tertiary/aromatic N) is 1. The zero-order valence-corrected chi connectivity index (χ0v) is 13.6. The maximum atomic E-state index is 13.2. The Morgan fingerprint density at radius 1 is 0.957 bits per heavy atom. The zero-order valence-electron chi connectivity index (χ0n) is 12.0. The molecule has 0 amide bonds. The van der Waals surface area contributed by atoms with E-state index in [1.54, 1.807) is 36.5 Å². The monoisotopic (exact) mass is 375 g/mol. The number of hydrogen-bond acceptors (Lipinski definition) is 1. The molecule has 1 aromatic heterocycles. The van der Waals surface area contributed by atoms with Crippen molar-refractivity contribution in [1.82, 2.24) is 4.57 Å². The van der Waals surface area contributed by atoms with Gasteiger partial charge in [-0.2, -0.15) is 0 Å². The van der Waals surface area contributed by atoms with Crippen molar-refractivity contribution in [2.45, 2.75) is 6.54 Å². The maximum absolute atomic E-state index is 13.2. The van der Waals surface area contributed by atoms with Crippen LogP contribution in [0.25, 0.3) is 11.1 Å². The van der Waals surface area contributed by atoms with Gasteiger partial charge in [0.25, 0.3) is 5.56 Å². The lowest BCUT2D eigenvalue weighted by Crippen LogP contribution is -2.21. The molecule has 0 fully saturated rings. The van der Waals surface area contributed by atoms with Crippen molar-refractivity contribution in [3.8, 4) is 11.1 Å². The van der Waals surface area contributed by atoms with Crippen LogP contribution >= 0.6 is 15.9 Å². The minimum atomic E-state index is -0.336. The second-order valence-corrected chi connectivity index (χ2v) is 5.91. The first kappa shape index (κ1) is 15.6. The molecular formula is C18H12BrF2NO. The lowest BCUT2D eigenvalue weighted by atomic mass is 10.1. The van der Waals surface area contributed by atoms with Gasteiger partial charge in [-0.1, -0.05) is 24.3 Å². The molecule has 3 aromatic rings. The van der Waals surface area contributed by atoms with Crippen LogP contribution in [0.5, 0.6) is 0 Å². The molecule has 0 saturated heterocycles. The summed E-state index contributed by atoms with van der Waals surface area (Å²) in [6, 6.07) is 13.8. The van der Waals surface area contributed by atoms with E-state index in [4.69, 9.17) is 0 Å². The van der Waals surface area contributed by atoms with E-state index in [1.807, 2.05) is 0 Å². The van der Waals surface area contributed by atoms with E-state index in [0.717, 1.165) is 5.56 Å². The van der Waals surface area contributed by atoms with Crippen LogP contribution in [-0.4, -0.2) is 4.57 Å². The summed E-state index contributed by atoms with van der Waals surface area (Å²) in [4.78, 5) is 12.5. The molecule has 1 heterocycles. The average molecular weight is 376 g/mol. The molecule has 3 rings (SSSR count). The molecule has 23 heavy (non-hydrogen) atoms. The van der Waals surface area contributed by atoms with Crippen LogP contribution < -0.4 is 5.56 Å². The Kier molecular flexibility index (Phi) is 4.39. The molecule has 0 aliphatic heterocycles. The Morgan fingerprint density at radius 3 is 2.39 bits per heavy atom. The van der Waals surface area contributed by atoms with Crippen molar-refractivity contribution >= 4 is 15.9 Å². The molecule has 5 heteroatoms. The van der Waals surface area contributed by atoms with Gasteiger partial charge in [0.1, 0.15) is 11.6 Å². The summed E-state index contributed by atoms with van der Waals surface area (Å²) in [5, 5.41) is 0. The van der Waals surface area contributed by atoms with Gasteiger partial charge in [-0.15, -0.1) is 0 Å². The summed E-state index contributed by atoms with van der Waals surface area (Å²) >= 11 is 3.31. The molecule has 0 saturated carbocycles. The van der Waals surface area contributed by atoms with Gasteiger partial charge >= 0.3 is 0 Å². The van der Waals surface area contributed by atoms with Gasteiger partial charge in [0, 0.05) is 11.8 Å². The molecule has 0 atom stereocenters. The predicted molar refractivity (Wildman–Crippen MR) is 89.3 cm³/mol. The number of halogens is 3. The minimum Gasteiger partial charge on any atom is -0.310 e. The normalized spacial score (nSPS) is 10.7. The summed E-state index contributed by atoms with van der Waals surface area (Å²) < 4.78 is 28.1. The number of rotatable bonds is 3. The summed E-state index contributed by atoms with van der Waals surface area (Å²) in [6.45, 7) is 0.277. The van der Waals surface area contributed by atoms with Gasteiger partial charge in [0.05, 0.1) is 11.0 Å². The molecular weight excluding hydrogens is 364 g/mol. The SMILES string of the molecule is O=c1c(Br)c(-c2ccc(F)cc2)ccn1Cc1cccc(F)c1. The molecule has 0 aliphatic rings. The zero-order chi connectivity index (χ0) is 16.4. The van der Waals surface area contributed by atoms with E-state index in [-0.39, 0.29) is 23.7 Å². The maximum Gasteiger partial charge on any atom is 0.265 e. The highest BCUT2D eigenvalue weighted by molar-refractivity contribution is 9.10. The number of benzene rings is 2. The first-order chi connectivity index (χ1) is 11.0. The van der Waals surface area contributed by atoms with Gasteiger partial charge in [-0.05, 0) is 57.4 Å². The van der Waals surface area contributed by atoms with E-state index in [9.17, 15) is 13.6 Å². The van der Waals surface area contributed by atoms with Crippen LogP contribution in [0.1, 0.15) is 5.56 Å². The summed E-state index contributed by atoms with van der Waals surface area (Å²) in [5.74, 6) is -0.665. The van der Waals surface area contributed by atoms with Gasteiger partial charge in [-0.3, -0.25) is 4.79 Å². The van der Waals surface area contributed by atoms with Crippen molar-refractivity contribution in [1.29, 1.82) is 0 Å². The highest BCUT2D eigenvalue weighted by Gasteiger charge is 2.10. The van der Waals surface area contributed by atoms with Crippen LogP contribution in [0.3, 0.4) is 0 Å². The third kappa shape index (κ3) is 3.40.